The molecule has 5 heteroatoms. The largest absolute Gasteiger partial charge is 0.466 e. The summed E-state index contributed by atoms with van der Waals surface area (Å²) in [5.41, 5.74) is 1.07. The van der Waals surface area contributed by atoms with Crippen molar-refractivity contribution in [3.8, 4) is 0 Å². The summed E-state index contributed by atoms with van der Waals surface area (Å²) in [5, 5.41) is -0.696. The third kappa shape index (κ3) is 7.11. The van der Waals surface area contributed by atoms with Crippen molar-refractivity contribution in [3.63, 3.8) is 0 Å². The van der Waals surface area contributed by atoms with Crippen LogP contribution in [-0.2, 0) is 25.7 Å². The molecule has 0 saturated heterocycles. The molecule has 0 amide bonds. The summed E-state index contributed by atoms with van der Waals surface area (Å²) in [5.74, 6) is -0.864. The van der Waals surface area contributed by atoms with Gasteiger partial charge in [-0.25, -0.2) is 4.79 Å². The van der Waals surface area contributed by atoms with Crippen LogP contribution < -0.4 is 0 Å². The van der Waals surface area contributed by atoms with Gasteiger partial charge in [0.2, 0.25) is 0 Å². The molecule has 1 aromatic rings. The maximum atomic E-state index is 12.1. The Labute approximate surface area is 148 Å². The topological polar surface area (TPSA) is 52.6 Å². The highest BCUT2D eigenvalue weighted by Crippen LogP contribution is 2.20. The van der Waals surface area contributed by atoms with Crippen molar-refractivity contribution < 1.29 is 19.1 Å². The van der Waals surface area contributed by atoms with Crippen LogP contribution in [0, 0.1) is 5.92 Å². The van der Waals surface area contributed by atoms with E-state index in [9.17, 15) is 9.59 Å². The monoisotopic (exact) mass is 350 g/mol. The molecular formula is C19H23ClO4. The summed E-state index contributed by atoms with van der Waals surface area (Å²) >= 11 is 6.23. The number of carbonyl (C=O) groups excluding carboxylic acids is 2. The minimum absolute atomic E-state index is 0.155. The number of carbonyl (C=O) groups is 2. The molecule has 130 valence electrons. The molecule has 0 N–H and O–H groups in total. The van der Waals surface area contributed by atoms with E-state index in [2.05, 4.69) is 4.74 Å². The Morgan fingerprint density at radius 3 is 2.38 bits per heavy atom. The van der Waals surface area contributed by atoms with Crippen LogP contribution in [0.1, 0.15) is 19.4 Å². The summed E-state index contributed by atoms with van der Waals surface area (Å²) in [6.45, 7) is 4.25. The highest BCUT2D eigenvalue weighted by molar-refractivity contribution is 6.33. The van der Waals surface area contributed by atoms with Crippen LogP contribution in [0.3, 0.4) is 0 Å². The van der Waals surface area contributed by atoms with E-state index in [4.69, 9.17) is 16.3 Å². The smallest absolute Gasteiger partial charge is 0.330 e. The fourth-order valence-corrected chi connectivity index (χ4v) is 2.17. The minimum atomic E-state index is -0.696. The molecule has 1 aromatic carbocycles. The van der Waals surface area contributed by atoms with Gasteiger partial charge in [0.25, 0.3) is 0 Å². The Morgan fingerprint density at radius 2 is 1.75 bits per heavy atom. The number of methoxy groups -OCH3 is 1. The number of rotatable bonds is 9. The van der Waals surface area contributed by atoms with Gasteiger partial charge in [-0.3, -0.25) is 4.79 Å². The van der Waals surface area contributed by atoms with Gasteiger partial charge in [-0.2, -0.15) is 0 Å². The van der Waals surface area contributed by atoms with E-state index in [-0.39, 0.29) is 17.8 Å². The lowest BCUT2D eigenvalue weighted by atomic mass is 9.98. The van der Waals surface area contributed by atoms with Crippen LogP contribution in [0.5, 0.6) is 0 Å². The molecule has 24 heavy (non-hydrogen) atoms. The lowest BCUT2D eigenvalue weighted by Gasteiger charge is -2.23. The van der Waals surface area contributed by atoms with E-state index in [1.54, 1.807) is 0 Å². The standard InChI is InChI=1S/C19H23ClO4/c1-14(15(2)24-13-16-9-5-4-6-10-16)19(20)17(21)11-7-8-12-18(22)23-3/h4-12,14-15,19H,13H2,1-3H3/b11-7+,12-8+/t14?,15-,19?/m0/s1. The van der Waals surface area contributed by atoms with Crippen molar-refractivity contribution in [3.05, 3.63) is 60.2 Å². The molecular weight excluding hydrogens is 328 g/mol. The number of esters is 1. The van der Waals surface area contributed by atoms with Gasteiger partial charge in [0.15, 0.2) is 5.78 Å². The molecule has 0 spiro atoms. The first-order valence-electron chi connectivity index (χ1n) is 7.71. The number of ketones is 1. The summed E-state index contributed by atoms with van der Waals surface area (Å²) in [7, 11) is 1.29. The Hall–Kier alpha value is -1.91. The molecule has 0 saturated carbocycles. The van der Waals surface area contributed by atoms with Gasteiger partial charge in [0, 0.05) is 12.0 Å². The van der Waals surface area contributed by atoms with E-state index in [0.717, 1.165) is 5.56 Å². The number of hydrogen-bond donors (Lipinski definition) is 0. The highest BCUT2D eigenvalue weighted by atomic mass is 35.5. The maximum Gasteiger partial charge on any atom is 0.330 e. The number of benzene rings is 1. The molecule has 0 aliphatic rings. The quantitative estimate of drug-likeness (QED) is 0.295. The lowest BCUT2D eigenvalue weighted by molar-refractivity contribution is -0.134. The van der Waals surface area contributed by atoms with Crippen LogP contribution in [0.25, 0.3) is 0 Å². The van der Waals surface area contributed by atoms with Crippen LogP contribution in [0.15, 0.2) is 54.6 Å². The second-order valence-electron chi connectivity index (χ2n) is 5.41. The first-order valence-corrected chi connectivity index (χ1v) is 8.15. The zero-order valence-electron chi connectivity index (χ0n) is 14.1. The fraction of sp³-hybridized carbons (Fsp3) is 0.368. The number of halogens is 1. The van der Waals surface area contributed by atoms with Crippen LogP contribution in [-0.4, -0.2) is 30.3 Å². The molecule has 0 aliphatic heterocycles. The number of ether oxygens (including phenoxy) is 2. The average Bonchev–Trinajstić information content (AvgIpc) is 2.62. The zero-order valence-corrected chi connectivity index (χ0v) is 14.9. The third-order valence-corrected chi connectivity index (χ3v) is 4.25. The summed E-state index contributed by atoms with van der Waals surface area (Å²) in [6.07, 6.45) is 5.31. The second-order valence-corrected chi connectivity index (χ2v) is 5.88. The number of allylic oxidation sites excluding steroid dienone is 3. The third-order valence-electron chi connectivity index (χ3n) is 3.63. The SMILES string of the molecule is COC(=O)/C=C/C=C/C(=O)C(Cl)C(C)[C@H](C)OCc1ccccc1. The first kappa shape index (κ1) is 20.1. The molecule has 0 bridgehead atoms. The minimum Gasteiger partial charge on any atom is -0.466 e. The van der Waals surface area contributed by atoms with E-state index < -0.39 is 11.3 Å². The van der Waals surface area contributed by atoms with E-state index in [1.807, 2.05) is 44.2 Å². The molecule has 3 atom stereocenters. The van der Waals surface area contributed by atoms with Gasteiger partial charge in [-0.15, -0.1) is 11.6 Å². The van der Waals surface area contributed by atoms with Gasteiger partial charge >= 0.3 is 5.97 Å². The van der Waals surface area contributed by atoms with Crippen molar-refractivity contribution in [1.29, 1.82) is 0 Å². The molecule has 0 aliphatic carbocycles. The summed E-state index contributed by atoms with van der Waals surface area (Å²) in [4.78, 5) is 23.0. The van der Waals surface area contributed by atoms with Gasteiger partial charge < -0.3 is 9.47 Å². The van der Waals surface area contributed by atoms with E-state index >= 15 is 0 Å². The normalized spacial score (nSPS) is 15.3. The number of alkyl halides is 1. The molecule has 0 heterocycles. The predicted molar refractivity (Wildman–Crippen MR) is 94.8 cm³/mol. The average molecular weight is 351 g/mol. The molecule has 2 unspecified atom stereocenters. The Morgan fingerprint density at radius 1 is 1.12 bits per heavy atom. The zero-order chi connectivity index (χ0) is 17.9. The highest BCUT2D eigenvalue weighted by Gasteiger charge is 2.26. The van der Waals surface area contributed by atoms with Crippen molar-refractivity contribution >= 4 is 23.4 Å². The molecule has 0 radical (unpaired) electrons. The van der Waals surface area contributed by atoms with Crippen molar-refractivity contribution in [2.24, 2.45) is 5.92 Å². The van der Waals surface area contributed by atoms with Gasteiger partial charge in [-0.05, 0) is 18.6 Å². The molecule has 0 fully saturated rings. The van der Waals surface area contributed by atoms with Crippen molar-refractivity contribution in [1.82, 2.24) is 0 Å². The van der Waals surface area contributed by atoms with Crippen molar-refractivity contribution in [2.75, 3.05) is 7.11 Å². The second kappa shape index (κ2) is 10.8. The van der Waals surface area contributed by atoms with E-state index in [0.29, 0.717) is 6.61 Å². The van der Waals surface area contributed by atoms with E-state index in [1.165, 1.54) is 31.4 Å². The predicted octanol–water partition coefficient (Wildman–Crippen LogP) is 3.69. The Kier molecular flexibility index (Phi) is 9.05. The Balaban J connectivity index is 2.48. The summed E-state index contributed by atoms with van der Waals surface area (Å²) in [6, 6.07) is 9.82. The van der Waals surface area contributed by atoms with Crippen molar-refractivity contribution in [2.45, 2.75) is 31.9 Å². The van der Waals surface area contributed by atoms with Gasteiger partial charge in [0.05, 0.1) is 19.8 Å². The fourth-order valence-electron chi connectivity index (χ4n) is 1.90. The molecule has 4 nitrogen and oxygen atoms in total. The van der Waals surface area contributed by atoms with Crippen LogP contribution >= 0.6 is 11.6 Å². The van der Waals surface area contributed by atoms with Crippen LogP contribution in [0.4, 0.5) is 0 Å². The first-order chi connectivity index (χ1) is 11.5. The summed E-state index contributed by atoms with van der Waals surface area (Å²) < 4.78 is 10.2. The number of hydrogen-bond acceptors (Lipinski definition) is 4. The van der Waals surface area contributed by atoms with Gasteiger partial charge in [0.1, 0.15) is 5.38 Å². The maximum absolute atomic E-state index is 12.1. The molecule has 1 rings (SSSR count). The van der Waals surface area contributed by atoms with Crippen LogP contribution in [0.2, 0.25) is 0 Å². The molecule has 0 aromatic heterocycles. The van der Waals surface area contributed by atoms with Gasteiger partial charge in [-0.1, -0.05) is 49.4 Å². The lowest BCUT2D eigenvalue weighted by Crippen LogP contribution is -2.30. The Bertz CT molecular complexity index is 580.